The van der Waals surface area contributed by atoms with Crippen molar-refractivity contribution in [2.75, 3.05) is 11.1 Å². The van der Waals surface area contributed by atoms with Crippen molar-refractivity contribution < 1.29 is 9.90 Å². The van der Waals surface area contributed by atoms with Gasteiger partial charge in [0.25, 0.3) is 5.56 Å². The molecule has 0 saturated carbocycles. The number of carbonyl (C=O) groups excluding carboxylic acids is 1. The Hall–Kier alpha value is -1.94. The molecule has 0 radical (unpaired) electrons. The quantitative estimate of drug-likeness (QED) is 0.533. The van der Waals surface area contributed by atoms with E-state index in [1.165, 1.54) is 11.3 Å². The Bertz CT molecular complexity index is 756. The predicted molar refractivity (Wildman–Crippen MR) is 89.3 cm³/mol. The molecule has 0 bridgehead atoms. The first kappa shape index (κ1) is 17.4. The number of rotatable bonds is 6. The van der Waals surface area contributed by atoms with Crippen molar-refractivity contribution in [3.8, 4) is 5.88 Å². The van der Waals surface area contributed by atoms with Crippen LogP contribution in [0.4, 0.5) is 5.13 Å². The third-order valence-electron chi connectivity index (χ3n) is 2.85. The van der Waals surface area contributed by atoms with Crippen molar-refractivity contribution >= 4 is 34.1 Å². The molecule has 0 aliphatic carbocycles. The monoisotopic (exact) mass is 355 g/mol. The van der Waals surface area contributed by atoms with Crippen LogP contribution < -0.4 is 10.9 Å². The van der Waals surface area contributed by atoms with Gasteiger partial charge in [0, 0.05) is 5.92 Å². The molecule has 0 unspecified atom stereocenters. The molecule has 124 valence electrons. The minimum Gasteiger partial charge on any atom is -0.493 e. The SMILES string of the molecule is CCc1c(O)nc(SCC(=O)Nc2nnc(C(C)C)s2)[nH]c1=O. The molecule has 2 aromatic rings. The van der Waals surface area contributed by atoms with Gasteiger partial charge in [0.1, 0.15) is 5.01 Å². The van der Waals surface area contributed by atoms with E-state index in [1.54, 1.807) is 6.92 Å². The lowest BCUT2D eigenvalue weighted by Gasteiger charge is -2.04. The van der Waals surface area contributed by atoms with Crippen LogP contribution in [0.1, 0.15) is 37.3 Å². The Morgan fingerprint density at radius 1 is 1.43 bits per heavy atom. The van der Waals surface area contributed by atoms with E-state index in [-0.39, 0.29) is 34.2 Å². The topological polar surface area (TPSA) is 121 Å². The van der Waals surface area contributed by atoms with Crippen molar-refractivity contribution in [3.63, 3.8) is 0 Å². The number of hydrogen-bond donors (Lipinski definition) is 3. The van der Waals surface area contributed by atoms with E-state index in [0.717, 1.165) is 16.8 Å². The normalized spacial score (nSPS) is 11.0. The van der Waals surface area contributed by atoms with Crippen LogP contribution in [-0.2, 0) is 11.2 Å². The van der Waals surface area contributed by atoms with Gasteiger partial charge in [-0.05, 0) is 6.42 Å². The molecular formula is C13H17N5O3S2. The second-order valence-corrected chi connectivity index (χ2v) is 6.94. The highest BCUT2D eigenvalue weighted by atomic mass is 32.2. The zero-order chi connectivity index (χ0) is 17.0. The average Bonchev–Trinajstić information content (AvgIpc) is 2.93. The van der Waals surface area contributed by atoms with E-state index in [2.05, 4.69) is 25.5 Å². The summed E-state index contributed by atoms with van der Waals surface area (Å²) < 4.78 is 0. The highest BCUT2D eigenvalue weighted by Crippen LogP contribution is 2.23. The van der Waals surface area contributed by atoms with E-state index in [0.29, 0.717) is 11.6 Å². The summed E-state index contributed by atoms with van der Waals surface area (Å²) in [4.78, 5) is 30.0. The fourth-order valence-corrected chi connectivity index (χ4v) is 3.08. The number of aromatic amines is 1. The first-order chi connectivity index (χ1) is 10.9. The number of aromatic nitrogens is 4. The molecule has 0 saturated heterocycles. The highest BCUT2D eigenvalue weighted by molar-refractivity contribution is 7.99. The molecule has 0 aliphatic heterocycles. The van der Waals surface area contributed by atoms with Gasteiger partial charge in [0.05, 0.1) is 11.3 Å². The van der Waals surface area contributed by atoms with Gasteiger partial charge in [-0.3, -0.25) is 14.9 Å². The Labute approximate surface area is 140 Å². The van der Waals surface area contributed by atoms with Gasteiger partial charge >= 0.3 is 0 Å². The van der Waals surface area contributed by atoms with Crippen LogP contribution in [-0.4, -0.2) is 36.9 Å². The van der Waals surface area contributed by atoms with Gasteiger partial charge in [-0.25, -0.2) is 0 Å². The molecule has 0 aliphatic rings. The van der Waals surface area contributed by atoms with Gasteiger partial charge in [-0.15, -0.1) is 10.2 Å². The molecule has 2 heterocycles. The van der Waals surface area contributed by atoms with Crippen LogP contribution >= 0.6 is 23.1 Å². The fourth-order valence-electron chi connectivity index (χ4n) is 1.66. The molecule has 23 heavy (non-hydrogen) atoms. The Balaban J connectivity index is 1.95. The van der Waals surface area contributed by atoms with Crippen LogP contribution in [0.3, 0.4) is 0 Å². The van der Waals surface area contributed by atoms with Crippen molar-refractivity contribution in [1.82, 2.24) is 20.2 Å². The van der Waals surface area contributed by atoms with Gasteiger partial charge in [-0.2, -0.15) is 4.98 Å². The van der Waals surface area contributed by atoms with Crippen molar-refractivity contribution in [2.45, 2.75) is 38.3 Å². The van der Waals surface area contributed by atoms with Crippen LogP contribution in [0.15, 0.2) is 9.95 Å². The Kier molecular flexibility index (Phi) is 5.72. The van der Waals surface area contributed by atoms with E-state index in [1.807, 2.05) is 13.8 Å². The summed E-state index contributed by atoms with van der Waals surface area (Å²) in [6.45, 7) is 5.74. The molecule has 8 nitrogen and oxygen atoms in total. The number of amides is 1. The van der Waals surface area contributed by atoms with Gasteiger partial charge in [0.2, 0.25) is 16.9 Å². The lowest BCUT2D eigenvalue weighted by Crippen LogP contribution is -2.17. The number of hydrogen-bond acceptors (Lipinski definition) is 8. The molecule has 10 heteroatoms. The molecule has 0 aromatic carbocycles. The molecule has 0 spiro atoms. The molecule has 2 rings (SSSR count). The summed E-state index contributed by atoms with van der Waals surface area (Å²) in [7, 11) is 0. The van der Waals surface area contributed by atoms with Crippen LogP contribution in [0.25, 0.3) is 0 Å². The summed E-state index contributed by atoms with van der Waals surface area (Å²) in [6, 6.07) is 0. The largest absolute Gasteiger partial charge is 0.493 e. The Morgan fingerprint density at radius 2 is 2.17 bits per heavy atom. The summed E-state index contributed by atoms with van der Waals surface area (Å²) in [5.74, 6) is -0.306. The van der Waals surface area contributed by atoms with E-state index >= 15 is 0 Å². The third-order valence-corrected chi connectivity index (χ3v) is 4.86. The summed E-state index contributed by atoms with van der Waals surface area (Å²) in [5.41, 5.74) is -0.164. The van der Waals surface area contributed by atoms with Crippen molar-refractivity contribution in [3.05, 3.63) is 20.9 Å². The minimum atomic E-state index is -0.395. The number of nitrogens with one attached hydrogen (secondary N) is 2. The number of anilines is 1. The fraction of sp³-hybridized carbons (Fsp3) is 0.462. The van der Waals surface area contributed by atoms with Crippen LogP contribution in [0, 0.1) is 0 Å². The van der Waals surface area contributed by atoms with Crippen molar-refractivity contribution in [1.29, 1.82) is 0 Å². The number of thioether (sulfide) groups is 1. The van der Waals surface area contributed by atoms with E-state index in [9.17, 15) is 14.7 Å². The van der Waals surface area contributed by atoms with Crippen molar-refractivity contribution in [2.24, 2.45) is 0 Å². The number of aromatic hydroxyl groups is 1. The average molecular weight is 355 g/mol. The zero-order valence-corrected chi connectivity index (χ0v) is 14.5. The van der Waals surface area contributed by atoms with Gasteiger partial charge in [-0.1, -0.05) is 43.9 Å². The molecule has 0 fully saturated rings. The van der Waals surface area contributed by atoms with E-state index in [4.69, 9.17) is 0 Å². The van der Waals surface area contributed by atoms with Gasteiger partial charge < -0.3 is 10.1 Å². The second kappa shape index (κ2) is 7.55. The molecular weight excluding hydrogens is 338 g/mol. The molecule has 2 aromatic heterocycles. The van der Waals surface area contributed by atoms with Crippen LogP contribution in [0.2, 0.25) is 0 Å². The lowest BCUT2D eigenvalue weighted by atomic mass is 10.2. The first-order valence-corrected chi connectivity index (χ1v) is 8.79. The highest BCUT2D eigenvalue weighted by Gasteiger charge is 2.13. The maximum Gasteiger partial charge on any atom is 0.258 e. The zero-order valence-electron chi connectivity index (χ0n) is 12.9. The Morgan fingerprint density at radius 3 is 2.74 bits per heavy atom. The predicted octanol–water partition coefficient (Wildman–Crippen LogP) is 1.74. The summed E-state index contributed by atoms with van der Waals surface area (Å²) >= 11 is 2.35. The summed E-state index contributed by atoms with van der Waals surface area (Å²) in [5, 5.41) is 21.7. The lowest BCUT2D eigenvalue weighted by molar-refractivity contribution is -0.113. The standard InChI is InChI=1S/C13H17N5O3S2/c1-4-7-9(20)15-12(16-10(7)21)22-5-8(19)14-13-18-17-11(23-13)6(2)3/h6H,4-5H2,1-3H3,(H,14,18,19)(H2,15,16,20,21). The number of H-pyrrole nitrogens is 1. The minimum absolute atomic E-state index is 0.0322. The maximum atomic E-state index is 11.9. The number of carbonyl (C=O) groups is 1. The van der Waals surface area contributed by atoms with E-state index < -0.39 is 5.56 Å². The smallest absolute Gasteiger partial charge is 0.258 e. The molecule has 0 atom stereocenters. The second-order valence-electron chi connectivity index (χ2n) is 4.96. The maximum absolute atomic E-state index is 11.9. The van der Waals surface area contributed by atoms with Crippen LogP contribution in [0.5, 0.6) is 5.88 Å². The molecule has 3 N–H and O–H groups in total. The first-order valence-electron chi connectivity index (χ1n) is 6.98. The van der Waals surface area contributed by atoms with Gasteiger partial charge in [0.15, 0.2) is 5.16 Å². The summed E-state index contributed by atoms with van der Waals surface area (Å²) in [6.07, 6.45) is 0.384. The number of nitrogens with zero attached hydrogens (tertiary/aromatic N) is 3. The molecule has 1 amide bonds. The third kappa shape index (κ3) is 4.52.